The van der Waals surface area contributed by atoms with Crippen LogP contribution in [-0.2, 0) is 29.1 Å². The number of aryl methyl sites for hydroxylation is 2. The molecule has 36 heavy (non-hydrogen) atoms. The lowest BCUT2D eigenvalue weighted by molar-refractivity contribution is -0.129. The molecule has 3 N–H and O–H groups in total. The Labute approximate surface area is 207 Å². The zero-order valence-corrected chi connectivity index (χ0v) is 19.9. The first-order chi connectivity index (χ1) is 17.3. The highest BCUT2D eigenvalue weighted by molar-refractivity contribution is 5.91. The highest BCUT2D eigenvalue weighted by atomic mass is 19.2. The zero-order chi connectivity index (χ0) is 25.7. The van der Waals surface area contributed by atoms with Crippen LogP contribution in [0, 0.1) is 24.5 Å². The molecule has 9 heteroatoms. The van der Waals surface area contributed by atoms with Gasteiger partial charge in [0.2, 0.25) is 5.91 Å². The van der Waals surface area contributed by atoms with Crippen molar-refractivity contribution in [3.8, 4) is 0 Å². The number of nitrogens with zero attached hydrogens (tertiary/aromatic N) is 3. The van der Waals surface area contributed by atoms with Crippen molar-refractivity contribution in [2.45, 2.75) is 39.3 Å². The van der Waals surface area contributed by atoms with E-state index in [9.17, 15) is 18.4 Å². The first-order valence-corrected chi connectivity index (χ1v) is 11.6. The lowest BCUT2D eigenvalue weighted by Gasteiger charge is -2.17. The standard InChI is InChI=1S/C27H27F2N5O2/c1-17-31-9-11-34(17)10-7-22(35)15-21(12-18-3-5-24(28)25(29)14-18)27(36)33-16-19-2-4-23-20(13-19)6-8-32-26(23)30/h2-6,8-9,11,13-14,21H,7,10,12,15-16H2,1H3,(H2,30,32)(H,33,36)/t21-/m1/s1. The molecular weight excluding hydrogens is 464 g/mol. The van der Waals surface area contributed by atoms with E-state index in [2.05, 4.69) is 15.3 Å². The van der Waals surface area contributed by atoms with Crippen molar-refractivity contribution in [1.82, 2.24) is 19.9 Å². The molecule has 0 fully saturated rings. The molecule has 0 aliphatic heterocycles. The Morgan fingerprint density at radius 1 is 1.03 bits per heavy atom. The number of carbonyl (C=O) groups is 2. The molecule has 2 aromatic heterocycles. The summed E-state index contributed by atoms with van der Waals surface area (Å²) in [4.78, 5) is 34.1. The number of hydrogen-bond acceptors (Lipinski definition) is 5. The molecule has 1 amide bonds. The predicted molar refractivity (Wildman–Crippen MR) is 133 cm³/mol. The fraction of sp³-hybridized carbons (Fsp3) is 0.259. The van der Waals surface area contributed by atoms with Gasteiger partial charge >= 0.3 is 0 Å². The number of benzene rings is 2. The Morgan fingerprint density at radius 2 is 1.83 bits per heavy atom. The van der Waals surface area contributed by atoms with Crippen LogP contribution < -0.4 is 11.1 Å². The van der Waals surface area contributed by atoms with Crippen LogP contribution in [-0.4, -0.2) is 26.2 Å². The van der Waals surface area contributed by atoms with Gasteiger partial charge in [0.15, 0.2) is 11.6 Å². The summed E-state index contributed by atoms with van der Waals surface area (Å²) in [6, 6.07) is 11.0. The predicted octanol–water partition coefficient (Wildman–Crippen LogP) is 4.12. The molecule has 0 radical (unpaired) electrons. The fourth-order valence-corrected chi connectivity index (χ4v) is 4.17. The summed E-state index contributed by atoms with van der Waals surface area (Å²) in [7, 11) is 0. The summed E-state index contributed by atoms with van der Waals surface area (Å²) >= 11 is 0. The third-order valence-corrected chi connectivity index (χ3v) is 6.19. The molecule has 4 aromatic rings. The van der Waals surface area contributed by atoms with Crippen LogP contribution >= 0.6 is 0 Å². The first kappa shape index (κ1) is 25.0. The summed E-state index contributed by atoms with van der Waals surface area (Å²) < 4.78 is 29.0. The lowest BCUT2D eigenvalue weighted by atomic mass is 9.92. The second-order valence-corrected chi connectivity index (χ2v) is 8.78. The van der Waals surface area contributed by atoms with Crippen molar-refractivity contribution in [2.75, 3.05) is 5.73 Å². The van der Waals surface area contributed by atoms with E-state index < -0.39 is 17.6 Å². The number of aromatic nitrogens is 3. The number of ketones is 1. The van der Waals surface area contributed by atoms with E-state index in [1.54, 1.807) is 18.6 Å². The Kier molecular flexibility index (Phi) is 7.68. The highest BCUT2D eigenvalue weighted by Crippen LogP contribution is 2.21. The number of fused-ring (bicyclic) bond motifs is 1. The largest absolute Gasteiger partial charge is 0.383 e. The van der Waals surface area contributed by atoms with Crippen LogP contribution in [0.5, 0.6) is 0 Å². The first-order valence-electron chi connectivity index (χ1n) is 11.6. The topological polar surface area (TPSA) is 103 Å². The smallest absolute Gasteiger partial charge is 0.224 e. The summed E-state index contributed by atoms with van der Waals surface area (Å²) in [5.41, 5.74) is 7.21. The molecule has 2 aromatic carbocycles. The zero-order valence-electron chi connectivity index (χ0n) is 19.9. The number of Topliss-reactive ketones (excluding diaryl/α,β-unsaturated/α-hetero) is 1. The third kappa shape index (κ3) is 6.10. The maximum atomic E-state index is 13.8. The Balaban J connectivity index is 1.45. The van der Waals surface area contributed by atoms with E-state index in [0.717, 1.165) is 34.3 Å². The maximum Gasteiger partial charge on any atom is 0.224 e. The minimum atomic E-state index is -0.988. The number of nitrogens with one attached hydrogen (secondary N) is 1. The van der Waals surface area contributed by atoms with Gasteiger partial charge in [-0.05, 0) is 54.1 Å². The van der Waals surface area contributed by atoms with Crippen molar-refractivity contribution in [1.29, 1.82) is 0 Å². The van der Waals surface area contributed by atoms with E-state index in [4.69, 9.17) is 5.73 Å². The van der Waals surface area contributed by atoms with Gasteiger partial charge < -0.3 is 15.6 Å². The molecule has 0 saturated heterocycles. The molecule has 0 aliphatic rings. The van der Waals surface area contributed by atoms with E-state index in [1.807, 2.05) is 35.8 Å². The molecule has 0 saturated carbocycles. The van der Waals surface area contributed by atoms with Gasteiger partial charge in [0.1, 0.15) is 17.4 Å². The van der Waals surface area contributed by atoms with E-state index in [0.29, 0.717) is 17.9 Å². The third-order valence-electron chi connectivity index (χ3n) is 6.19. The van der Waals surface area contributed by atoms with Crippen molar-refractivity contribution in [3.05, 3.63) is 89.6 Å². The Bertz CT molecular complexity index is 1400. The van der Waals surface area contributed by atoms with Gasteiger partial charge in [-0.15, -0.1) is 0 Å². The van der Waals surface area contributed by atoms with Gasteiger partial charge in [0, 0.05) is 55.8 Å². The van der Waals surface area contributed by atoms with Gasteiger partial charge in [-0.3, -0.25) is 9.59 Å². The molecule has 0 bridgehead atoms. The monoisotopic (exact) mass is 491 g/mol. The average molecular weight is 492 g/mol. The Morgan fingerprint density at radius 3 is 2.58 bits per heavy atom. The molecule has 2 heterocycles. The highest BCUT2D eigenvalue weighted by Gasteiger charge is 2.23. The van der Waals surface area contributed by atoms with Crippen LogP contribution in [0.25, 0.3) is 10.8 Å². The molecule has 7 nitrogen and oxygen atoms in total. The normalized spacial score (nSPS) is 12.0. The van der Waals surface area contributed by atoms with E-state index >= 15 is 0 Å². The number of amides is 1. The molecule has 4 rings (SSSR count). The van der Waals surface area contributed by atoms with Crippen molar-refractivity contribution in [3.63, 3.8) is 0 Å². The molecule has 186 valence electrons. The van der Waals surface area contributed by atoms with E-state index in [-0.39, 0.29) is 37.5 Å². The molecule has 0 aliphatic carbocycles. The van der Waals surface area contributed by atoms with Crippen molar-refractivity contribution in [2.24, 2.45) is 5.92 Å². The van der Waals surface area contributed by atoms with Crippen LogP contribution in [0.2, 0.25) is 0 Å². The summed E-state index contributed by atoms with van der Waals surface area (Å²) in [6.45, 7) is 2.55. The number of nitrogens with two attached hydrogens (primary N) is 1. The lowest BCUT2D eigenvalue weighted by Crippen LogP contribution is -2.33. The maximum absolute atomic E-state index is 13.8. The average Bonchev–Trinajstić information content (AvgIpc) is 3.27. The van der Waals surface area contributed by atoms with Gasteiger partial charge in [-0.1, -0.05) is 18.2 Å². The summed E-state index contributed by atoms with van der Waals surface area (Å²) in [5.74, 6) is -1.88. The van der Waals surface area contributed by atoms with Gasteiger partial charge in [-0.25, -0.2) is 18.7 Å². The molecular formula is C27H27F2N5O2. The summed E-state index contributed by atoms with van der Waals surface area (Å²) in [6.07, 6.45) is 5.41. The van der Waals surface area contributed by atoms with Crippen LogP contribution in [0.15, 0.2) is 61.1 Å². The van der Waals surface area contributed by atoms with Gasteiger partial charge in [0.05, 0.1) is 0 Å². The van der Waals surface area contributed by atoms with Crippen LogP contribution in [0.4, 0.5) is 14.6 Å². The minimum absolute atomic E-state index is 0.0154. The van der Waals surface area contributed by atoms with Crippen molar-refractivity contribution >= 4 is 28.3 Å². The quantitative estimate of drug-likeness (QED) is 0.347. The number of pyridine rings is 1. The van der Waals surface area contributed by atoms with Crippen LogP contribution in [0.3, 0.4) is 0 Å². The second kappa shape index (κ2) is 11.1. The fourth-order valence-electron chi connectivity index (χ4n) is 4.17. The number of carbonyl (C=O) groups excluding carboxylic acids is 2. The molecule has 0 spiro atoms. The number of halogens is 2. The molecule has 1 atom stereocenters. The Hall–Kier alpha value is -4.14. The number of anilines is 1. The van der Waals surface area contributed by atoms with Crippen LogP contribution in [0.1, 0.15) is 29.8 Å². The number of hydrogen-bond donors (Lipinski definition) is 2. The number of imidazole rings is 1. The van der Waals surface area contributed by atoms with Crippen molar-refractivity contribution < 1.29 is 18.4 Å². The molecule has 0 unspecified atom stereocenters. The van der Waals surface area contributed by atoms with Gasteiger partial charge in [0.25, 0.3) is 0 Å². The second-order valence-electron chi connectivity index (χ2n) is 8.78. The summed E-state index contributed by atoms with van der Waals surface area (Å²) in [5, 5.41) is 4.61. The number of nitrogen functional groups attached to an aromatic ring is 1. The number of rotatable bonds is 10. The SMILES string of the molecule is Cc1nccn1CCC(=O)C[C@@H](Cc1ccc(F)c(F)c1)C(=O)NCc1ccc2c(N)nccc2c1. The minimum Gasteiger partial charge on any atom is -0.383 e. The van der Waals surface area contributed by atoms with E-state index in [1.165, 1.54) is 6.07 Å². The van der Waals surface area contributed by atoms with Gasteiger partial charge in [-0.2, -0.15) is 0 Å².